The van der Waals surface area contributed by atoms with Crippen LogP contribution < -0.4 is 0 Å². The highest BCUT2D eigenvalue weighted by Gasteiger charge is 2.61. The molecule has 3 fully saturated rings. The van der Waals surface area contributed by atoms with Gasteiger partial charge >= 0.3 is 0 Å². The summed E-state index contributed by atoms with van der Waals surface area (Å²) in [5.74, 6) is 0.000119. The summed E-state index contributed by atoms with van der Waals surface area (Å²) in [7, 11) is 0. The van der Waals surface area contributed by atoms with Gasteiger partial charge in [0.1, 0.15) is 0 Å². The highest BCUT2D eigenvalue weighted by molar-refractivity contribution is 6.02. The van der Waals surface area contributed by atoms with Gasteiger partial charge in [0.2, 0.25) is 0 Å². The maximum atomic E-state index is 12.3. The molecule has 18 heavy (non-hydrogen) atoms. The van der Waals surface area contributed by atoms with E-state index in [4.69, 9.17) is 9.47 Å². The van der Waals surface area contributed by atoms with Gasteiger partial charge in [-0.25, -0.2) is 0 Å². The molecule has 0 aromatic carbocycles. The third-order valence-corrected chi connectivity index (χ3v) is 5.29. The Labute approximate surface area is 107 Å². The number of ketones is 1. The molecule has 0 unspecified atom stereocenters. The Morgan fingerprint density at radius 1 is 1.33 bits per heavy atom. The lowest BCUT2D eigenvalue weighted by atomic mass is 9.62. The molecule has 3 atom stereocenters. The topological polar surface area (TPSA) is 55.8 Å². The monoisotopic (exact) mass is 252 g/mol. The largest absolute Gasteiger partial charge is 0.515 e. The lowest BCUT2D eigenvalue weighted by molar-refractivity contribution is -0.235. The van der Waals surface area contributed by atoms with Crippen molar-refractivity contribution >= 4 is 5.78 Å². The van der Waals surface area contributed by atoms with Crippen LogP contribution in [0.4, 0.5) is 0 Å². The molecule has 4 nitrogen and oxygen atoms in total. The number of aliphatic hydroxyl groups is 1. The van der Waals surface area contributed by atoms with Gasteiger partial charge in [0.25, 0.3) is 0 Å². The number of Topliss-reactive ketones (excluding diaryl/α,β-unsaturated/α-hetero) is 1. The summed E-state index contributed by atoms with van der Waals surface area (Å²) >= 11 is 0. The lowest BCUT2D eigenvalue weighted by Gasteiger charge is -2.48. The van der Waals surface area contributed by atoms with Crippen molar-refractivity contribution < 1.29 is 19.4 Å². The molecule has 0 aromatic rings. The van der Waals surface area contributed by atoms with Crippen molar-refractivity contribution in [2.24, 2.45) is 17.3 Å². The molecule has 1 aliphatic heterocycles. The molecule has 0 radical (unpaired) electrons. The molecule has 1 spiro atoms. The third kappa shape index (κ3) is 1.36. The van der Waals surface area contributed by atoms with Crippen LogP contribution in [0.15, 0.2) is 11.8 Å². The molecule has 4 heteroatoms. The van der Waals surface area contributed by atoms with Gasteiger partial charge in [0, 0.05) is 23.3 Å². The first kappa shape index (κ1) is 12.2. The summed E-state index contributed by atoms with van der Waals surface area (Å²) in [6, 6.07) is 0. The number of hydrogen-bond donors (Lipinski definition) is 1. The van der Waals surface area contributed by atoms with Crippen LogP contribution in [0.1, 0.15) is 33.1 Å². The van der Waals surface area contributed by atoms with Gasteiger partial charge in [-0.15, -0.1) is 0 Å². The number of carbonyl (C=O) groups is 1. The van der Waals surface area contributed by atoms with Crippen LogP contribution in [0.2, 0.25) is 0 Å². The van der Waals surface area contributed by atoms with Crippen molar-refractivity contribution in [3.63, 3.8) is 0 Å². The van der Waals surface area contributed by atoms with E-state index < -0.39 is 5.79 Å². The van der Waals surface area contributed by atoms with E-state index in [0.29, 0.717) is 25.2 Å². The Kier molecular flexibility index (Phi) is 2.58. The standard InChI is InChI=1S/C14H20O4/c1-9-11-7-10(8-15)12(16)13(11,2)3-4-14(9)17-5-6-18-14/h8-9,11,15H,3-7H2,1-2H3/b10-8-/t9-,11-,13-/m0/s1. The molecule has 0 bridgehead atoms. The minimum absolute atomic E-state index is 0.106. The summed E-state index contributed by atoms with van der Waals surface area (Å²) in [5, 5.41) is 9.20. The molecule has 3 aliphatic rings. The lowest BCUT2D eigenvalue weighted by Crippen LogP contribution is -2.51. The van der Waals surface area contributed by atoms with Crippen LogP contribution in [-0.2, 0) is 14.3 Å². The Bertz CT molecular complexity index is 408. The molecular weight excluding hydrogens is 232 g/mol. The number of ether oxygens (including phenoxy) is 2. The van der Waals surface area contributed by atoms with Gasteiger partial charge in [0.15, 0.2) is 11.6 Å². The first-order valence-corrected chi connectivity index (χ1v) is 6.69. The predicted molar refractivity (Wildman–Crippen MR) is 65.0 cm³/mol. The molecule has 2 saturated carbocycles. The molecule has 0 amide bonds. The van der Waals surface area contributed by atoms with Crippen molar-refractivity contribution in [3.8, 4) is 0 Å². The molecular formula is C14H20O4. The second kappa shape index (κ2) is 3.81. The average Bonchev–Trinajstić information content (AvgIpc) is 2.93. The second-order valence-corrected chi connectivity index (χ2v) is 6.01. The first-order valence-electron chi connectivity index (χ1n) is 6.69. The van der Waals surface area contributed by atoms with Gasteiger partial charge in [-0.1, -0.05) is 13.8 Å². The van der Waals surface area contributed by atoms with E-state index in [-0.39, 0.29) is 23.0 Å². The van der Waals surface area contributed by atoms with E-state index in [0.717, 1.165) is 19.1 Å². The zero-order valence-electron chi connectivity index (χ0n) is 10.9. The summed E-state index contributed by atoms with van der Waals surface area (Å²) in [6.45, 7) is 5.42. The second-order valence-electron chi connectivity index (χ2n) is 6.01. The van der Waals surface area contributed by atoms with Gasteiger partial charge in [-0.3, -0.25) is 4.79 Å². The van der Waals surface area contributed by atoms with Crippen molar-refractivity contribution in [1.29, 1.82) is 0 Å². The molecule has 2 aliphatic carbocycles. The molecule has 1 heterocycles. The Hall–Kier alpha value is -0.870. The summed E-state index contributed by atoms with van der Waals surface area (Å²) < 4.78 is 11.7. The average molecular weight is 252 g/mol. The number of hydrogen-bond acceptors (Lipinski definition) is 4. The van der Waals surface area contributed by atoms with Crippen molar-refractivity contribution in [1.82, 2.24) is 0 Å². The Morgan fingerprint density at radius 2 is 2.00 bits per heavy atom. The van der Waals surface area contributed by atoms with Gasteiger partial charge in [-0.05, 0) is 18.8 Å². The fourth-order valence-electron chi connectivity index (χ4n) is 4.07. The molecule has 1 N–H and O–H groups in total. The Morgan fingerprint density at radius 3 is 2.61 bits per heavy atom. The third-order valence-electron chi connectivity index (χ3n) is 5.29. The maximum Gasteiger partial charge on any atom is 0.171 e. The van der Waals surface area contributed by atoms with E-state index in [1.165, 1.54) is 0 Å². The van der Waals surface area contributed by atoms with E-state index in [2.05, 4.69) is 6.92 Å². The zero-order valence-corrected chi connectivity index (χ0v) is 10.9. The summed E-state index contributed by atoms with van der Waals surface area (Å²) in [5.41, 5.74) is 0.207. The minimum Gasteiger partial charge on any atom is -0.515 e. The van der Waals surface area contributed by atoms with Crippen molar-refractivity contribution in [2.45, 2.75) is 38.9 Å². The zero-order chi connectivity index (χ0) is 13.0. The van der Waals surface area contributed by atoms with Crippen LogP contribution >= 0.6 is 0 Å². The molecule has 1 saturated heterocycles. The van der Waals surface area contributed by atoms with Crippen LogP contribution in [-0.4, -0.2) is 29.9 Å². The highest BCUT2D eigenvalue weighted by Crippen LogP contribution is 2.58. The quantitative estimate of drug-likeness (QED) is 0.530. The van der Waals surface area contributed by atoms with E-state index in [1.54, 1.807) is 0 Å². The summed E-state index contributed by atoms with van der Waals surface area (Å²) in [4.78, 5) is 12.3. The highest BCUT2D eigenvalue weighted by atomic mass is 16.7. The maximum absolute atomic E-state index is 12.3. The predicted octanol–water partition coefficient (Wildman–Crippen LogP) is 2.20. The van der Waals surface area contributed by atoms with Crippen LogP contribution in [0.5, 0.6) is 0 Å². The SMILES string of the molecule is C[C@H]1[C@@H]2C/C(=C/O)C(=O)[C@@]2(C)CCC12OCCO2. The van der Waals surface area contributed by atoms with Crippen LogP contribution in [0.25, 0.3) is 0 Å². The van der Waals surface area contributed by atoms with Gasteiger partial charge < -0.3 is 14.6 Å². The van der Waals surface area contributed by atoms with E-state index in [9.17, 15) is 9.90 Å². The van der Waals surface area contributed by atoms with Crippen LogP contribution in [0.3, 0.4) is 0 Å². The van der Waals surface area contributed by atoms with Crippen molar-refractivity contribution in [2.75, 3.05) is 13.2 Å². The van der Waals surface area contributed by atoms with Crippen LogP contribution in [0, 0.1) is 17.3 Å². The number of carbonyl (C=O) groups excluding carboxylic acids is 1. The van der Waals surface area contributed by atoms with Gasteiger partial charge in [-0.2, -0.15) is 0 Å². The number of rotatable bonds is 0. The summed E-state index contributed by atoms with van der Waals surface area (Å²) in [6.07, 6.45) is 3.17. The van der Waals surface area contributed by atoms with Gasteiger partial charge in [0.05, 0.1) is 19.5 Å². The molecule has 0 aromatic heterocycles. The molecule has 3 rings (SSSR count). The van der Waals surface area contributed by atoms with E-state index >= 15 is 0 Å². The van der Waals surface area contributed by atoms with Crippen molar-refractivity contribution in [3.05, 3.63) is 11.8 Å². The van der Waals surface area contributed by atoms with E-state index in [1.807, 2.05) is 6.92 Å². The Balaban J connectivity index is 1.95. The normalized spacial score (nSPS) is 44.8. The number of aliphatic hydroxyl groups excluding tert-OH is 1. The fourth-order valence-corrected chi connectivity index (χ4v) is 4.07. The smallest absolute Gasteiger partial charge is 0.171 e. The minimum atomic E-state index is -0.491. The number of allylic oxidation sites excluding steroid dienone is 1. The number of fused-ring (bicyclic) bond motifs is 1. The molecule has 100 valence electrons. The first-order chi connectivity index (χ1) is 8.53. The fraction of sp³-hybridized carbons (Fsp3) is 0.786.